The second-order valence-corrected chi connectivity index (χ2v) is 7.73. The highest BCUT2D eigenvalue weighted by Gasteiger charge is 2.27. The third-order valence-corrected chi connectivity index (χ3v) is 6.26. The Hall–Kier alpha value is -3.58. The quantitative estimate of drug-likeness (QED) is 0.275. The van der Waals surface area contributed by atoms with Gasteiger partial charge in [0.05, 0.1) is 0 Å². The van der Waals surface area contributed by atoms with Gasteiger partial charge in [0, 0.05) is 16.3 Å². The van der Waals surface area contributed by atoms with Crippen LogP contribution in [0.2, 0.25) is 0 Å². The van der Waals surface area contributed by atoms with Crippen LogP contribution in [0.15, 0.2) is 89.3 Å². The first-order chi connectivity index (χ1) is 13.9. The van der Waals surface area contributed by atoms with Gasteiger partial charge in [0.1, 0.15) is 11.2 Å². The maximum absolute atomic E-state index is 6.57. The Morgan fingerprint density at radius 3 is 2.25 bits per heavy atom. The fraction of sp³-hybridized carbons (Fsp3) is 0.0370. The summed E-state index contributed by atoms with van der Waals surface area (Å²) in [6.07, 6.45) is 0.973. The van der Waals surface area contributed by atoms with Crippen molar-refractivity contribution >= 4 is 43.5 Å². The molecular formula is C27H16O. The van der Waals surface area contributed by atoms with Gasteiger partial charge in [0.2, 0.25) is 0 Å². The standard InChI is InChI=1S/C27H16O/c1-2-8-17-15-24-23(13-16(17)7-1)26-21-12-6-5-11-20(21)22-14-18-9-3-4-10-19(18)25(22)27(26)28-24/h1-13,15H,14H2. The molecule has 0 amide bonds. The molecule has 5 aromatic carbocycles. The molecule has 28 heavy (non-hydrogen) atoms. The third kappa shape index (κ3) is 1.72. The fourth-order valence-corrected chi connectivity index (χ4v) is 5.04. The van der Waals surface area contributed by atoms with Crippen molar-refractivity contribution in [2.75, 3.05) is 0 Å². The molecule has 0 bridgehead atoms. The second-order valence-electron chi connectivity index (χ2n) is 7.73. The van der Waals surface area contributed by atoms with Gasteiger partial charge in [-0.25, -0.2) is 0 Å². The van der Waals surface area contributed by atoms with Crippen LogP contribution in [-0.4, -0.2) is 0 Å². The molecule has 1 heterocycles. The first kappa shape index (κ1) is 14.5. The van der Waals surface area contributed by atoms with Crippen LogP contribution in [0.25, 0.3) is 54.6 Å². The Morgan fingerprint density at radius 1 is 0.643 bits per heavy atom. The Morgan fingerprint density at radius 2 is 1.36 bits per heavy atom. The average Bonchev–Trinajstić information content (AvgIpc) is 3.30. The zero-order valence-corrected chi connectivity index (χ0v) is 15.2. The van der Waals surface area contributed by atoms with Crippen LogP contribution in [-0.2, 0) is 6.42 Å². The predicted octanol–water partition coefficient (Wildman–Crippen LogP) is 7.46. The molecule has 1 aliphatic rings. The summed E-state index contributed by atoms with van der Waals surface area (Å²) in [5.74, 6) is 0. The maximum atomic E-state index is 6.57. The summed E-state index contributed by atoms with van der Waals surface area (Å²) in [6.45, 7) is 0. The van der Waals surface area contributed by atoms with E-state index in [1.54, 1.807) is 0 Å². The summed E-state index contributed by atoms with van der Waals surface area (Å²) in [5, 5.41) is 7.55. The van der Waals surface area contributed by atoms with Gasteiger partial charge in [-0.05, 0) is 56.8 Å². The van der Waals surface area contributed by atoms with Crippen LogP contribution in [0.1, 0.15) is 11.1 Å². The molecule has 0 spiro atoms. The van der Waals surface area contributed by atoms with E-state index in [-0.39, 0.29) is 0 Å². The van der Waals surface area contributed by atoms with Crippen molar-refractivity contribution in [3.8, 4) is 11.1 Å². The molecule has 1 nitrogen and oxygen atoms in total. The number of hydrogen-bond acceptors (Lipinski definition) is 1. The van der Waals surface area contributed by atoms with E-state index in [9.17, 15) is 0 Å². The summed E-state index contributed by atoms with van der Waals surface area (Å²) >= 11 is 0. The van der Waals surface area contributed by atoms with Crippen LogP contribution in [0, 0.1) is 0 Å². The number of fused-ring (bicyclic) bond motifs is 11. The molecule has 0 unspecified atom stereocenters. The maximum Gasteiger partial charge on any atom is 0.144 e. The van der Waals surface area contributed by atoms with Crippen LogP contribution < -0.4 is 0 Å². The van der Waals surface area contributed by atoms with E-state index in [1.165, 1.54) is 54.6 Å². The van der Waals surface area contributed by atoms with Gasteiger partial charge in [-0.2, -0.15) is 0 Å². The SMILES string of the molecule is c1ccc2c(c1)Cc1c-2c2oc3cc4ccccc4cc3c2c2ccccc12. The molecule has 0 atom stereocenters. The lowest BCUT2D eigenvalue weighted by Gasteiger charge is -2.08. The molecule has 0 fully saturated rings. The second kappa shape index (κ2) is 5.02. The number of benzene rings is 5. The highest BCUT2D eigenvalue weighted by Crippen LogP contribution is 2.49. The first-order valence-electron chi connectivity index (χ1n) is 9.75. The van der Waals surface area contributed by atoms with Gasteiger partial charge >= 0.3 is 0 Å². The molecule has 7 rings (SSSR count). The third-order valence-electron chi connectivity index (χ3n) is 6.26. The van der Waals surface area contributed by atoms with Gasteiger partial charge in [-0.1, -0.05) is 72.8 Å². The Kier molecular flexibility index (Phi) is 2.60. The van der Waals surface area contributed by atoms with Crippen molar-refractivity contribution in [3.05, 3.63) is 96.1 Å². The lowest BCUT2D eigenvalue weighted by molar-refractivity contribution is 0.670. The molecule has 130 valence electrons. The largest absolute Gasteiger partial charge is 0.455 e. The average molecular weight is 356 g/mol. The van der Waals surface area contributed by atoms with E-state index in [1.807, 2.05) is 0 Å². The molecule has 0 saturated heterocycles. The smallest absolute Gasteiger partial charge is 0.144 e. The normalized spacial score (nSPS) is 12.9. The summed E-state index contributed by atoms with van der Waals surface area (Å²) in [5.41, 5.74) is 7.38. The molecule has 1 heteroatoms. The van der Waals surface area contributed by atoms with Crippen molar-refractivity contribution in [3.63, 3.8) is 0 Å². The molecule has 0 saturated carbocycles. The topological polar surface area (TPSA) is 13.1 Å². The van der Waals surface area contributed by atoms with Gasteiger partial charge in [0.25, 0.3) is 0 Å². The summed E-state index contributed by atoms with van der Waals surface area (Å²) in [7, 11) is 0. The molecule has 0 radical (unpaired) electrons. The predicted molar refractivity (Wildman–Crippen MR) is 117 cm³/mol. The van der Waals surface area contributed by atoms with Gasteiger partial charge in [-0.15, -0.1) is 0 Å². The molecule has 1 aromatic heterocycles. The zero-order chi connectivity index (χ0) is 18.2. The van der Waals surface area contributed by atoms with Crippen molar-refractivity contribution < 1.29 is 4.42 Å². The molecule has 1 aliphatic carbocycles. The van der Waals surface area contributed by atoms with E-state index in [2.05, 4.69) is 84.9 Å². The van der Waals surface area contributed by atoms with Crippen LogP contribution >= 0.6 is 0 Å². The number of hydrogen-bond donors (Lipinski definition) is 0. The van der Waals surface area contributed by atoms with E-state index >= 15 is 0 Å². The van der Waals surface area contributed by atoms with E-state index < -0.39 is 0 Å². The molecule has 0 aliphatic heterocycles. The summed E-state index contributed by atoms with van der Waals surface area (Å²) in [4.78, 5) is 0. The van der Waals surface area contributed by atoms with E-state index in [0.717, 1.165) is 17.6 Å². The highest BCUT2D eigenvalue weighted by molar-refractivity contribution is 6.25. The lowest BCUT2D eigenvalue weighted by atomic mass is 9.94. The first-order valence-corrected chi connectivity index (χ1v) is 9.75. The number of rotatable bonds is 0. The van der Waals surface area contributed by atoms with Crippen molar-refractivity contribution in [1.29, 1.82) is 0 Å². The van der Waals surface area contributed by atoms with E-state index in [4.69, 9.17) is 4.42 Å². The Bertz CT molecular complexity index is 1580. The minimum atomic E-state index is 0.969. The lowest BCUT2D eigenvalue weighted by Crippen LogP contribution is -1.86. The van der Waals surface area contributed by atoms with Crippen LogP contribution in [0.3, 0.4) is 0 Å². The Balaban J connectivity index is 1.77. The number of furan rings is 1. The molecule has 6 aromatic rings. The Labute approximate surface area is 161 Å². The van der Waals surface area contributed by atoms with Gasteiger partial charge in [0.15, 0.2) is 0 Å². The molecular weight excluding hydrogens is 340 g/mol. The summed E-state index contributed by atoms with van der Waals surface area (Å²) in [6, 6.07) is 30.5. The van der Waals surface area contributed by atoms with Crippen LogP contribution in [0.5, 0.6) is 0 Å². The van der Waals surface area contributed by atoms with Crippen LogP contribution in [0.4, 0.5) is 0 Å². The van der Waals surface area contributed by atoms with Crippen molar-refractivity contribution in [2.45, 2.75) is 6.42 Å². The van der Waals surface area contributed by atoms with Crippen molar-refractivity contribution in [2.24, 2.45) is 0 Å². The van der Waals surface area contributed by atoms with Gasteiger partial charge < -0.3 is 4.42 Å². The highest BCUT2D eigenvalue weighted by atomic mass is 16.3. The minimum Gasteiger partial charge on any atom is -0.455 e. The summed E-state index contributed by atoms with van der Waals surface area (Å²) < 4.78 is 6.57. The fourth-order valence-electron chi connectivity index (χ4n) is 5.04. The van der Waals surface area contributed by atoms with E-state index in [0.29, 0.717) is 0 Å². The zero-order valence-electron chi connectivity index (χ0n) is 15.2. The van der Waals surface area contributed by atoms with Gasteiger partial charge in [-0.3, -0.25) is 0 Å². The monoisotopic (exact) mass is 356 g/mol. The van der Waals surface area contributed by atoms with Crippen molar-refractivity contribution in [1.82, 2.24) is 0 Å². The molecule has 0 N–H and O–H groups in total. The minimum absolute atomic E-state index is 0.969.